The topological polar surface area (TPSA) is 62.1 Å². The van der Waals surface area contributed by atoms with Gasteiger partial charge in [-0.05, 0) is 52.5 Å². The zero-order valence-electron chi connectivity index (χ0n) is 18.1. The second-order valence-corrected chi connectivity index (χ2v) is 8.95. The van der Waals surface area contributed by atoms with Crippen molar-refractivity contribution in [2.24, 2.45) is 5.92 Å². The lowest BCUT2D eigenvalue weighted by Gasteiger charge is -2.40. The molecule has 0 spiro atoms. The van der Waals surface area contributed by atoms with E-state index in [1.54, 1.807) is 0 Å². The second-order valence-electron chi connectivity index (χ2n) is 8.95. The molecule has 29 heavy (non-hydrogen) atoms. The lowest BCUT2D eigenvalue weighted by Crippen LogP contribution is -2.51. The van der Waals surface area contributed by atoms with Crippen molar-refractivity contribution < 1.29 is 14.1 Å². The molecule has 3 heterocycles. The minimum absolute atomic E-state index is 0.288. The molecular formula is C22H36N4O3. The van der Waals surface area contributed by atoms with E-state index in [4.69, 9.17) is 9.26 Å². The van der Waals surface area contributed by atoms with Gasteiger partial charge in [-0.3, -0.25) is 14.6 Å². The Balaban J connectivity index is 1.35. The van der Waals surface area contributed by atoms with Crippen molar-refractivity contribution in [2.45, 2.75) is 58.5 Å². The molecule has 0 aromatic carbocycles. The van der Waals surface area contributed by atoms with E-state index in [0.717, 1.165) is 103 Å². The largest absolute Gasteiger partial charge is 0.379 e. The first-order valence-corrected chi connectivity index (χ1v) is 11.4. The average molecular weight is 405 g/mol. The second kappa shape index (κ2) is 9.58. The summed E-state index contributed by atoms with van der Waals surface area (Å²) in [6.45, 7) is 12.6. The molecule has 1 aromatic heterocycles. The molecule has 3 fully saturated rings. The summed E-state index contributed by atoms with van der Waals surface area (Å²) < 4.78 is 10.8. The summed E-state index contributed by atoms with van der Waals surface area (Å²) >= 11 is 0. The number of amides is 1. The van der Waals surface area contributed by atoms with Crippen LogP contribution in [0.25, 0.3) is 0 Å². The Morgan fingerprint density at radius 2 is 1.93 bits per heavy atom. The molecule has 4 rings (SSSR count). The molecule has 7 heteroatoms. The SMILES string of the molecule is Cc1noc(C)c1CN1CCCC(N(CCCN2CCOCC2)C(=O)C2CC2)C1. The molecular weight excluding hydrogens is 368 g/mol. The van der Waals surface area contributed by atoms with Crippen LogP contribution in [-0.4, -0.2) is 84.3 Å². The normalized spacial score (nSPS) is 24.0. The van der Waals surface area contributed by atoms with Gasteiger partial charge in [0.1, 0.15) is 5.76 Å². The van der Waals surface area contributed by atoms with Crippen molar-refractivity contribution in [3.63, 3.8) is 0 Å². The van der Waals surface area contributed by atoms with Gasteiger partial charge in [-0.25, -0.2) is 0 Å². The van der Waals surface area contributed by atoms with E-state index in [2.05, 4.69) is 19.9 Å². The van der Waals surface area contributed by atoms with Gasteiger partial charge in [-0.2, -0.15) is 0 Å². The molecule has 2 saturated heterocycles. The van der Waals surface area contributed by atoms with Gasteiger partial charge in [-0.15, -0.1) is 0 Å². The maximum absolute atomic E-state index is 13.1. The molecule has 1 atom stereocenters. The number of hydrogen-bond acceptors (Lipinski definition) is 6. The monoisotopic (exact) mass is 404 g/mol. The van der Waals surface area contributed by atoms with Crippen molar-refractivity contribution in [2.75, 3.05) is 52.5 Å². The summed E-state index contributed by atoms with van der Waals surface area (Å²) in [6.07, 6.45) is 5.47. The van der Waals surface area contributed by atoms with Crippen molar-refractivity contribution in [1.82, 2.24) is 19.9 Å². The van der Waals surface area contributed by atoms with Gasteiger partial charge in [-0.1, -0.05) is 5.16 Å². The first kappa shape index (κ1) is 20.8. The van der Waals surface area contributed by atoms with E-state index >= 15 is 0 Å². The van der Waals surface area contributed by atoms with E-state index < -0.39 is 0 Å². The highest BCUT2D eigenvalue weighted by molar-refractivity contribution is 5.81. The Hall–Kier alpha value is -1.44. The molecule has 0 radical (unpaired) electrons. The minimum atomic E-state index is 0.288. The van der Waals surface area contributed by atoms with Gasteiger partial charge in [0.05, 0.1) is 18.9 Å². The number of nitrogens with zero attached hydrogens (tertiary/aromatic N) is 4. The van der Waals surface area contributed by atoms with Crippen LogP contribution in [0.4, 0.5) is 0 Å². The number of aromatic nitrogens is 1. The third-order valence-electron chi connectivity index (χ3n) is 6.67. The number of hydrogen-bond donors (Lipinski definition) is 0. The number of carbonyl (C=O) groups excluding carboxylic acids is 1. The van der Waals surface area contributed by atoms with E-state index in [1.807, 2.05) is 13.8 Å². The molecule has 2 aliphatic heterocycles. The predicted molar refractivity (Wildman–Crippen MR) is 111 cm³/mol. The smallest absolute Gasteiger partial charge is 0.225 e. The van der Waals surface area contributed by atoms with E-state index in [0.29, 0.717) is 11.9 Å². The Morgan fingerprint density at radius 3 is 2.62 bits per heavy atom. The first-order chi connectivity index (χ1) is 14.1. The number of rotatable bonds is 8. The molecule has 1 unspecified atom stereocenters. The summed E-state index contributed by atoms with van der Waals surface area (Å²) in [7, 11) is 0. The van der Waals surface area contributed by atoms with Crippen molar-refractivity contribution in [3.05, 3.63) is 17.0 Å². The number of piperidine rings is 1. The molecule has 1 amide bonds. The number of likely N-dealkylation sites (tertiary alicyclic amines) is 1. The number of ether oxygens (including phenoxy) is 1. The quantitative estimate of drug-likeness (QED) is 0.662. The lowest BCUT2D eigenvalue weighted by molar-refractivity contribution is -0.136. The predicted octanol–water partition coefficient (Wildman–Crippen LogP) is 2.22. The molecule has 0 bridgehead atoms. The van der Waals surface area contributed by atoms with Crippen LogP contribution in [0.15, 0.2) is 4.52 Å². The maximum atomic E-state index is 13.1. The zero-order chi connectivity index (χ0) is 20.2. The van der Waals surface area contributed by atoms with Gasteiger partial charge in [0.15, 0.2) is 0 Å². The van der Waals surface area contributed by atoms with E-state index in [9.17, 15) is 4.79 Å². The minimum Gasteiger partial charge on any atom is -0.379 e. The van der Waals surface area contributed by atoms with Gasteiger partial charge in [0, 0.05) is 56.8 Å². The molecule has 1 aliphatic carbocycles. The lowest BCUT2D eigenvalue weighted by atomic mass is 10.0. The summed E-state index contributed by atoms with van der Waals surface area (Å²) in [5.41, 5.74) is 2.19. The molecule has 7 nitrogen and oxygen atoms in total. The Labute approximate surface area is 174 Å². The van der Waals surface area contributed by atoms with Crippen LogP contribution in [0, 0.1) is 19.8 Å². The first-order valence-electron chi connectivity index (χ1n) is 11.4. The van der Waals surface area contributed by atoms with Gasteiger partial charge in [0.25, 0.3) is 0 Å². The average Bonchev–Trinajstić information content (AvgIpc) is 3.54. The van der Waals surface area contributed by atoms with Gasteiger partial charge >= 0.3 is 0 Å². The summed E-state index contributed by atoms with van der Waals surface area (Å²) in [4.78, 5) is 20.2. The summed E-state index contributed by atoms with van der Waals surface area (Å²) in [6, 6.07) is 0.335. The third-order valence-corrected chi connectivity index (χ3v) is 6.67. The Bertz CT molecular complexity index is 662. The van der Waals surface area contributed by atoms with Gasteiger partial charge < -0.3 is 14.2 Å². The van der Waals surface area contributed by atoms with Crippen LogP contribution in [0.3, 0.4) is 0 Å². The summed E-state index contributed by atoms with van der Waals surface area (Å²) in [5, 5.41) is 4.10. The zero-order valence-corrected chi connectivity index (χ0v) is 18.1. The Kier molecular flexibility index (Phi) is 6.88. The third kappa shape index (κ3) is 5.38. The van der Waals surface area contributed by atoms with Crippen LogP contribution in [0.5, 0.6) is 0 Å². The Morgan fingerprint density at radius 1 is 1.14 bits per heavy atom. The standard InChI is InChI=1S/C22H36N4O3/c1-17-21(18(2)29-23-17)16-25-8-3-5-20(15-25)26(22(27)19-6-7-19)10-4-9-24-11-13-28-14-12-24/h19-20H,3-16H2,1-2H3. The van der Waals surface area contributed by atoms with Crippen molar-refractivity contribution in [1.29, 1.82) is 0 Å². The maximum Gasteiger partial charge on any atom is 0.225 e. The van der Waals surface area contributed by atoms with Crippen LogP contribution in [-0.2, 0) is 16.1 Å². The highest BCUT2D eigenvalue weighted by Crippen LogP contribution is 2.33. The summed E-state index contributed by atoms with van der Waals surface area (Å²) in [5.74, 6) is 1.61. The van der Waals surface area contributed by atoms with E-state index in [1.165, 1.54) is 5.56 Å². The highest BCUT2D eigenvalue weighted by atomic mass is 16.5. The molecule has 1 aromatic rings. The highest BCUT2D eigenvalue weighted by Gasteiger charge is 2.37. The number of aryl methyl sites for hydroxylation is 2. The van der Waals surface area contributed by atoms with Crippen molar-refractivity contribution in [3.8, 4) is 0 Å². The molecule has 1 saturated carbocycles. The fraction of sp³-hybridized carbons (Fsp3) is 0.818. The van der Waals surface area contributed by atoms with Gasteiger partial charge in [0.2, 0.25) is 5.91 Å². The van der Waals surface area contributed by atoms with Crippen LogP contribution >= 0.6 is 0 Å². The van der Waals surface area contributed by atoms with Crippen LogP contribution in [0.1, 0.15) is 49.1 Å². The fourth-order valence-electron chi connectivity index (χ4n) is 4.71. The fourth-order valence-corrected chi connectivity index (χ4v) is 4.71. The van der Waals surface area contributed by atoms with Crippen LogP contribution in [0.2, 0.25) is 0 Å². The van der Waals surface area contributed by atoms with Crippen LogP contribution < -0.4 is 0 Å². The molecule has 0 N–H and O–H groups in total. The van der Waals surface area contributed by atoms with Crippen molar-refractivity contribution >= 4 is 5.91 Å². The number of carbonyl (C=O) groups is 1. The molecule has 162 valence electrons. The van der Waals surface area contributed by atoms with E-state index in [-0.39, 0.29) is 5.92 Å². The molecule has 3 aliphatic rings. The number of morpholine rings is 1.